The Morgan fingerprint density at radius 2 is 2.15 bits per heavy atom. The number of amidine groups is 1. The number of fused-ring (bicyclic) bond motifs is 1. The largest absolute Gasteiger partial charge is 0.480 e. The molecule has 1 aromatic carbocycles. The fourth-order valence-electron chi connectivity index (χ4n) is 3.82. The second kappa shape index (κ2) is 9.27. The van der Waals surface area contributed by atoms with Gasteiger partial charge in [0.2, 0.25) is 5.88 Å². The molecular weight excluding hydrogens is 460 g/mol. The maximum Gasteiger partial charge on any atom is 0.410 e. The molecule has 13 heteroatoms. The average molecular weight is 479 g/mol. The first-order valence-electron chi connectivity index (χ1n) is 9.74. The monoisotopic (exact) mass is 479 g/mol. The van der Waals surface area contributed by atoms with Gasteiger partial charge in [-0.2, -0.15) is 0 Å². The Balaban J connectivity index is 1.68. The predicted octanol–water partition coefficient (Wildman–Crippen LogP) is 2.43. The summed E-state index contributed by atoms with van der Waals surface area (Å²) >= 11 is 1.09. The summed E-state index contributed by atoms with van der Waals surface area (Å²) in [6.45, 7) is -0.936. The summed E-state index contributed by atoms with van der Waals surface area (Å²) in [4.78, 5) is 36.0. The molecule has 0 radical (unpaired) electrons. The molecule has 33 heavy (non-hydrogen) atoms. The quantitative estimate of drug-likeness (QED) is 0.595. The Hall–Kier alpha value is -3.32. The number of alkyl halides is 1. The zero-order valence-corrected chi connectivity index (χ0v) is 18.1. The van der Waals surface area contributed by atoms with Gasteiger partial charge in [0.25, 0.3) is 5.91 Å². The van der Waals surface area contributed by atoms with Crippen LogP contribution in [0.3, 0.4) is 0 Å². The zero-order valence-electron chi connectivity index (χ0n) is 17.2. The van der Waals surface area contributed by atoms with Crippen molar-refractivity contribution in [2.24, 2.45) is 10.9 Å². The van der Waals surface area contributed by atoms with Crippen molar-refractivity contribution < 1.29 is 33.0 Å². The number of carbonyl (C=O) groups excluding carboxylic acids is 1. The second-order valence-electron chi connectivity index (χ2n) is 7.29. The van der Waals surface area contributed by atoms with Crippen molar-refractivity contribution in [1.82, 2.24) is 15.3 Å². The number of aromatic nitrogens is 2. The lowest BCUT2D eigenvalue weighted by atomic mass is 9.79. The van der Waals surface area contributed by atoms with Crippen molar-refractivity contribution in [2.75, 3.05) is 31.5 Å². The Morgan fingerprint density at radius 3 is 2.82 bits per heavy atom. The molecule has 1 aromatic heterocycles. The summed E-state index contributed by atoms with van der Waals surface area (Å²) in [5.74, 6) is -1.26. The van der Waals surface area contributed by atoms with Crippen LogP contribution >= 0.6 is 11.8 Å². The Morgan fingerprint density at radius 1 is 1.33 bits per heavy atom. The molecule has 0 saturated carbocycles. The number of carboxylic acid groups (broad SMARTS) is 1. The number of rotatable bonds is 5. The smallest absolute Gasteiger partial charge is 0.410 e. The maximum atomic E-state index is 15.0. The van der Waals surface area contributed by atoms with Crippen LogP contribution in [0.2, 0.25) is 0 Å². The van der Waals surface area contributed by atoms with Gasteiger partial charge in [-0.05, 0) is 18.2 Å². The third-order valence-corrected chi connectivity index (χ3v) is 6.40. The van der Waals surface area contributed by atoms with Crippen LogP contribution in [0.25, 0.3) is 0 Å². The third kappa shape index (κ3) is 4.46. The van der Waals surface area contributed by atoms with Crippen LogP contribution in [0.4, 0.5) is 19.3 Å². The number of nitrogens with one attached hydrogen (secondary N) is 2. The number of carbonyl (C=O) groups is 2. The number of halogens is 2. The number of nitrogens with zero attached hydrogens (tertiary/aromatic N) is 3. The summed E-state index contributed by atoms with van der Waals surface area (Å²) in [5, 5.41) is 13.9. The lowest BCUT2D eigenvalue weighted by Gasteiger charge is -2.36. The minimum absolute atomic E-state index is 0.0134. The van der Waals surface area contributed by atoms with E-state index in [0.717, 1.165) is 17.8 Å². The topological polar surface area (TPSA) is 135 Å². The van der Waals surface area contributed by atoms with E-state index in [1.54, 1.807) is 0 Å². The van der Waals surface area contributed by atoms with Gasteiger partial charge in [0, 0.05) is 22.9 Å². The number of hydrogen-bond acceptors (Lipinski definition) is 8. The maximum absolute atomic E-state index is 15.0. The SMILES string of the molecule is COc1cnc(C(=O)Nc2ccc(F)c([C@]34CO[C@H](CF)[C@H]3CSC(NC(=O)O)=N4)c2)cn1. The van der Waals surface area contributed by atoms with Crippen molar-refractivity contribution in [3.8, 4) is 5.88 Å². The van der Waals surface area contributed by atoms with E-state index in [4.69, 9.17) is 14.6 Å². The van der Waals surface area contributed by atoms with Crippen LogP contribution in [-0.2, 0) is 10.3 Å². The molecule has 3 heterocycles. The highest BCUT2D eigenvalue weighted by Gasteiger charge is 2.54. The Kier molecular flexibility index (Phi) is 6.42. The molecule has 174 valence electrons. The molecule has 2 aliphatic heterocycles. The van der Waals surface area contributed by atoms with Gasteiger partial charge in [-0.25, -0.2) is 28.5 Å². The molecule has 2 aromatic rings. The molecule has 0 bridgehead atoms. The van der Waals surface area contributed by atoms with E-state index in [-0.39, 0.29) is 40.4 Å². The molecule has 1 fully saturated rings. The molecular formula is C20H19F2N5O5S. The number of aliphatic imine (C=N–C) groups is 1. The number of methoxy groups -OCH3 is 1. The van der Waals surface area contributed by atoms with Crippen LogP contribution in [0.5, 0.6) is 5.88 Å². The van der Waals surface area contributed by atoms with Crippen molar-refractivity contribution >= 4 is 34.6 Å². The number of amides is 2. The first-order chi connectivity index (χ1) is 15.9. The molecule has 3 N–H and O–H groups in total. The van der Waals surface area contributed by atoms with E-state index in [1.165, 1.54) is 31.6 Å². The molecule has 2 aliphatic rings. The molecule has 3 atom stereocenters. The number of hydrogen-bond donors (Lipinski definition) is 3. The summed E-state index contributed by atoms with van der Waals surface area (Å²) in [7, 11) is 1.42. The van der Waals surface area contributed by atoms with Gasteiger partial charge in [0.05, 0.1) is 32.2 Å². The van der Waals surface area contributed by atoms with Crippen molar-refractivity contribution in [3.05, 3.63) is 47.7 Å². The van der Waals surface area contributed by atoms with Crippen LogP contribution in [0, 0.1) is 11.7 Å². The van der Waals surface area contributed by atoms with Crippen molar-refractivity contribution in [3.63, 3.8) is 0 Å². The Bertz CT molecular complexity index is 1100. The van der Waals surface area contributed by atoms with Crippen LogP contribution in [-0.4, -0.2) is 64.5 Å². The van der Waals surface area contributed by atoms with Crippen LogP contribution in [0.1, 0.15) is 16.1 Å². The molecule has 0 aliphatic carbocycles. The number of thioether (sulfide) groups is 1. The summed E-state index contributed by atoms with van der Waals surface area (Å²) in [6, 6.07) is 3.90. The summed E-state index contributed by atoms with van der Waals surface area (Å²) in [5.41, 5.74) is -1.04. The number of benzene rings is 1. The first-order valence-corrected chi connectivity index (χ1v) is 10.7. The average Bonchev–Trinajstić information content (AvgIpc) is 3.18. The van der Waals surface area contributed by atoms with Gasteiger partial charge in [-0.1, -0.05) is 11.8 Å². The van der Waals surface area contributed by atoms with Crippen LogP contribution in [0.15, 0.2) is 35.6 Å². The van der Waals surface area contributed by atoms with E-state index < -0.39 is 42.1 Å². The highest BCUT2D eigenvalue weighted by molar-refractivity contribution is 8.13. The molecule has 1 saturated heterocycles. The van der Waals surface area contributed by atoms with Gasteiger partial charge in [0.15, 0.2) is 5.17 Å². The zero-order chi connectivity index (χ0) is 23.6. The van der Waals surface area contributed by atoms with Gasteiger partial charge < -0.3 is 19.9 Å². The highest BCUT2D eigenvalue weighted by atomic mass is 32.2. The normalized spacial score (nSPS) is 23.9. The lowest BCUT2D eigenvalue weighted by molar-refractivity contribution is 0.0721. The Labute approximate surface area is 190 Å². The molecule has 0 unspecified atom stereocenters. The second-order valence-corrected chi connectivity index (χ2v) is 8.29. The molecule has 4 rings (SSSR count). The fourth-order valence-corrected chi connectivity index (χ4v) is 5.04. The van der Waals surface area contributed by atoms with Gasteiger partial charge >= 0.3 is 6.09 Å². The standard InChI is InChI=1S/C20H19F2N5O5S/c1-31-16-7-23-14(6-24-16)17(28)25-10-2-3-13(22)11(4-10)20-9-32-15(5-21)12(20)8-33-18(27-20)26-19(29)30/h2-4,6-7,12,15H,5,8-9H2,1H3,(H,25,28)(H,26,27)(H,29,30)/t12-,15-,20-/m1/s1. The molecule has 2 amide bonds. The number of anilines is 1. The van der Waals surface area contributed by atoms with Crippen LogP contribution < -0.4 is 15.4 Å². The third-order valence-electron chi connectivity index (χ3n) is 5.41. The fraction of sp³-hybridized carbons (Fsp3) is 0.350. The van der Waals surface area contributed by atoms with E-state index >= 15 is 4.39 Å². The van der Waals surface area contributed by atoms with E-state index in [9.17, 15) is 14.0 Å². The minimum atomic E-state index is -1.36. The summed E-state index contributed by atoms with van der Waals surface area (Å²) in [6.07, 6.45) is 0.376. The minimum Gasteiger partial charge on any atom is -0.480 e. The summed E-state index contributed by atoms with van der Waals surface area (Å²) < 4.78 is 39.1. The van der Waals surface area contributed by atoms with Crippen molar-refractivity contribution in [1.29, 1.82) is 0 Å². The first kappa shape index (κ1) is 22.9. The molecule has 10 nitrogen and oxygen atoms in total. The van der Waals surface area contributed by atoms with Crippen molar-refractivity contribution in [2.45, 2.75) is 11.6 Å². The molecule has 0 spiro atoms. The van der Waals surface area contributed by atoms with Gasteiger partial charge in [0.1, 0.15) is 23.7 Å². The lowest BCUT2D eigenvalue weighted by Crippen LogP contribution is -2.44. The van der Waals surface area contributed by atoms with Gasteiger partial charge in [-0.15, -0.1) is 0 Å². The van der Waals surface area contributed by atoms with E-state index in [1.807, 2.05) is 0 Å². The van der Waals surface area contributed by atoms with Gasteiger partial charge in [-0.3, -0.25) is 10.1 Å². The highest BCUT2D eigenvalue weighted by Crippen LogP contribution is 2.48. The predicted molar refractivity (Wildman–Crippen MR) is 115 cm³/mol. The van der Waals surface area contributed by atoms with E-state index in [2.05, 4.69) is 25.6 Å². The number of ether oxygens (including phenoxy) is 2. The van der Waals surface area contributed by atoms with E-state index in [0.29, 0.717) is 0 Å².